The van der Waals surface area contributed by atoms with Crippen LogP contribution in [0.1, 0.15) is 20.8 Å². The summed E-state index contributed by atoms with van der Waals surface area (Å²) >= 11 is 1.47. The van der Waals surface area contributed by atoms with Gasteiger partial charge in [-0.25, -0.2) is 0 Å². The van der Waals surface area contributed by atoms with Crippen LogP contribution in [0.15, 0.2) is 12.7 Å². The molecule has 0 radical (unpaired) electrons. The van der Waals surface area contributed by atoms with E-state index in [0.29, 0.717) is 6.54 Å². The lowest BCUT2D eigenvalue weighted by Crippen LogP contribution is -2.33. The molecule has 0 saturated carbocycles. The standard InChI is InChI=1S/C10H19NO2S/c1-5-6-11-10(13)9(4)14-8(3)7(2)12/h5,7-9,12H,1,6H2,2-4H3,(H,11,13). The molecule has 0 rings (SSSR count). The van der Waals surface area contributed by atoms with Crippen LogP contribution in [0.5, 0.6) is 0 Å². The first-order chi connectivity index (χ1) is 6.49. The van der Waals surface area contributed by atoms with E-state index in [0.717, 1.165) is 0 Å². The molecule has 2 N–H and O–H groups in total. The zero-order valence-electron chi connectivity index (χ0n) is 8.99. The summed E-state index contributed by atoms with van der Waals surface area (Å²) in [6, 6.07) is 0. The number of carbonyl (C=O) groups is 1. The first-order valence-corrected chi connectivity index (χ1v) is 5.65. The Morgan fingerprint density at radius 3 is 2.57 bits per heavy atom. The van der Waals surface area contributed by atoms with Crippen molar-refractivity contribution in [3.8, 4) is 0 Å². The molecular weight excluding hydrogens is 198 g/mol. The van der Waals surface area contributed by atoms with Gasteiger partial charge >= 0.3 is 0 Å². The Bertz CT molecular complexity index is 195. The monoisotopic (exact) mass is 217 g/mol. The second-order valence-electron chi connectivity index (χ2n) is 3.26. The molecule has 0 heterocycles. The van der Waals surface area contributed by atoms with Crippen LogP contribution in [0, 0.1) is 0 Å². The Labute approximate surface area is 90.0 Å². The van der Waals surface area contributed by atoms with Gasteiger partial charge in [-0.3, -0.25) is 4.79 Å². The zero-order chi connectivity index (χ0) is 11.1. The number of hydrogen-bond acceptors (Lipinski definition) is 3. The molecule has 0 aliphatic carbocycles. The van der Waals surface area contributed by atoms with Gasteiger partial charge in [0.05, 0.1) is 11.4 Å². The summed E-state index contributed by atoms with van der Waals surface area (Å²) in [5, 5.41) is 11.9. The molecule has 0 saturated heterocycles. The summed E-state index contributed by atoms with van der Waals surface area (Å²) in [7, 11) is 0. The van der Waals surface area contributed by atoms with Gasteiger partial charge in [0.2, 0.25) is 5.91 Å². The normalized spacial score (nSPS) is 16.9. The molecule has 3 atom stereocenters. The Morgan fingerprint density at radius 1 is 1.57 bits per heavy atom. The van der Waals surface area contributed by atoms with E-state index >= 15 is 0 Å². The molecule has 0 fully saturated rings. The minimum Gasteiger partial charge on any atom is -0.392 e. The third-order valence-corrected chi connectivity index (χ3v) is 3.33. The van der Waals surface area contributed by atoms with Gasteiger partial charge in [-0.15, -0.1) is 18.3 Å². The maximum atomic E-state index is 11.4. The van der Waals surface area contributed by atoms with E-state index in [4.69, 9.17) is 0 Å². The van der Waals surface area contributed by atoms with E-state index in [2.05, 4.69) is 11.9 Å². The molecule has 0 bridgehead atoms. The number of amides is 1. The summed E-state index contributed by atoms with van der Waals surface area (Å²) < 4.78 is 0. The van der Waals surface area contributed by atoms with Crippen LogP contribution >= 0.6 is 11.8 Å². The molecule has 0 spiro atoms. The summed E-state index contributed by atoms with van der Waals surface area (Å²) in [5.41, 5.74) is 0. The molecule has 0 aromatic carbocycles. The van der Waals surface area contributed by atoms with Gasteiger partial charge < -0.3 is 10.4 Å². The molecule has 3 nitrogen and oxygen atoms in total. The van der Waals surface area contributed by atoms with Crippen LogP contribution in [-0.4, -0.2) is 34.2 Å². The van der Waals surface area contributed by atoms with Gasteiger partial charge in [-0.05, 0) is 13.8 Å². The van der Waals surface area contributed by atoms with Crippen molar-refractivity contribution in [1.29, 1.82) is 0 Å². The minimum absolute atomic E-state index is 0.0117. The summed E-state index contributed by atoms with van der Waals surface area (Å²) in [6.07, 6.45) is 1.25. The average Bonchev–Trinajstić information content (AvgIpc) is 2.13. The number of carbonyl (C=O) groups excluding carboxylic acids is 1. The topological polar surface area (TPSA) is 49.3 Å². The molecule has 4 heteroatoms. The second-order valence-corrected chi connectivity index (χ2v) is 4.98. The van der Waals surface area contributed by atoms with E-state index in [1.54, 1.807) is 13.0 Å². The highest BCUT2D eigenvalue weighted by atomic mass is 32.2. The molecule has 82 valence electrons. The number of nitrogens with one attached hydrogen (secondary N) is 1. The number of rotatable bonds is 6. The van der Waals surface area contributed by atoms with Gasteiger partial charge in [0, 0.05) is 11.8 Å². The lowest BCUT2D eigenvalue weighted by atomic mass is 10.3. The van der Waals surface area contributed by atoms with Gasteiger partial charge in [-0.2, -0.15) is 0 Å². The van der Waals surface area contributed by atoms with Crippen molar-refractivity contribution in [3.05, 3.63) is 12.7 Å². The number of aliphatic hydroxyl groups excluding tert-OH is 1. The van der Waals surface area contributed by atoms with Crippen molar-refractivity contribution < 1.29 is 9.90 Å². The fourth-order valence-corrected chi connectivity index (χ4v) is 1.89. The smallest absolute Gasteiger partial charge is 0.233 e. The van der Waals surface area contributed by atoms with Gasteiger partial charge in [-0.1, -0.05) is 13.0 Å². The zero-order valence-corrected chi connectivity index (χ0v) is 9.80. The van der Waals surface area contributed by atoms with Crippen LogP contribution in [0.4, 0.5) is 0 Å². The van der Waals surface area contributed by atoms with Crippen molar-refractivity contribution in [3.63, 3.8) is 0 Å². The second kappa shape index (κ2) is 6.90. The molecule has 0 aliphatic heterocycles. The number of thioether (sulfide) groups is 1. The summed E-state index contributed by atoms with van der Waals surface area (Å²) in [5.74, 6) is -0.0117. The molecule has 0 aromatic rings. The average molecular weight is 217 g/mol. The first kappa shape index (κ1) is 13.5. The number of aliphatic hydroxyl groups is 1. The molecule has 14 heavy (non-hydrogen) atoms. The van der Waals surface area contributed by atoms with E-state index in [-0.39, 0.29) is 16.4 Å². The largest absolute Gasteiger partial charge is 0.392 e. The Kier molecular flexibility index (Phi) is 6.66. The fourth-order valence-electron chi connectivity index (χ4n) is 0.814. The van der Waals surface area contributed by atoms with E-state index in [9.17, 15) is 9.90 Å². The van der Waals surface area contributed by atoms with Crippen LogP contribution in [0.3, 0.4) is 0 Å². The first-order valence-electron chi connectivity index (χ1n) is 4.71. The van der Waals surface area contributed by atoms with Crippen LogP contribution in [0.25, 0.3) is 0 Å². The predicted molar refractivity (Wildman–Crippen MR) is 61.4 cm³/mol. The van der Waals surface area contributed by atoms with Crippen LogP contribution in [-0.2, 0) is 4.79 Å². The highest BCUT2D eigenvalue weighted by Crippen LogP contribution is 2.20. The Balaban J connectivity index is 3.88. The van der Waals surface area contributed by atoms with E-state index in [1.807, 2.05) is 13.8 Å². The molecule has 0 aromatic heterocycles. The maximum absolute atomic E-state index is 11.4. The predicted octanol–water partition coefficient (Wildman–Crippen LogP) is 1.18. The Morgan fingerprint density at radius 2 is 2.14 bits per heavy atom. The quantitative estimate of drug-likeness (QED) is 0.657. The van der Waals surface area contributed by atoms with Crippen molar-refractivity contribution >= 4 is 17.7 Å². The SMILES string of the molecule is C=CCNC(=O)C(C)SC(C)C(C)O. The van der Waals surface area contributed by atoms with Gasteiger partial charge in [0.25, 0.3) is 0 Å². The third kappa shape index (κ3) is 5.29. The summed E-state index contributed by atoms with van der Waals surface area (Å²) in [4.78, 5) is 11.4. The third-order valence-electron chi connectivity index (χ3n) is 1.89. The van der Waals surface area contributed by atoms with Crippen LogP contribution in [0.2, 0.25) is 0 Å². The lowest BCUT2D eigenvalue weighted by Gasteiger charge is -2.18. The van der Waals surface area contributed by atoms with E-state index < -0.39 is 6.10 Å². The Hall–Kier alpha value is -0.480. The van der Waals surface area contributed by atoms with Crippen molar-refractivity contribution in [2.75, 3.05) is 6.54 Å². The maximum Gasteiger partial charge on any atom is 0.233 e. The molecule has 0 aliphatic rings. The van der Waals surface area contributed by atoms with Gasteiger partial charge in [0.1, 0.15) is 0 Å². The van der Waals surface area contributed by atoms with Crippen molar-refractivity contribution in [1.82, 2.24) is 5.32 Å². The fraction of sp³-hybridized carbons (Fsp3) is 0.700. The summed E-state index contributed by atoms with van der Waals surface area (Å²) in [6.45, 7) is 9.49. The van der Waals surface area contributed by atoms with Crippen molar-refractivity contribution in [2.24, 2.45) is 0 Å². The lowest BCUT2D eigenvalue weighted by molar-refractivity contribution is -0.120. The van der Waals surface area contributed by atoms with Crippen LogP contribution < -0.4 is 5.32 Å². The van der Waals surface area contributed by atoms with E-state index in [1.165, 1.54) is 11.8 Å². The van der Waals surface area contributed by atoms with Crippen molar-refractivity contribution in [2.45, 2.75) is 37.4 Å². The number of hydrogen-bond donors (Lipinski definition) is 2. The highest BCUT2D eigenvalue weighted by Gasteiger charge is 2.18. The molecular formula is C10H19NO2S. The van der Waals surface area contributed by atoms with Gasteiger partial charge in [0.15, 0.2) is 0 Å². The minimum atomic E-state index is -0.394. The molecule has 3 unspecified atom stereocenters. The highest BCUT2D eigenvalue weighted by molar-refractivity contribution is 8.01. The molecule has 1 amide bonds.